The van der Waals surface area contributed by atoms with Crippen LogP contribution in [0.3, 0.4) is 0 Å². The second kappa shape index (κ2) is 7.84. The van der Waals surface area contributed by atoms with Gasteiger partial charge in [-0.05, 0) is 47.2 Å². The summed E-state index contributed by atoms with van der Waals surface area (Å²) in [6.45, 7) is 1.85. The van der Waals surface area contributed by atoms with Gasteiger partial charge < -0.3 is 0 Å². The van der Waals surface area contributed by atoms with Gasteiger partial charge in [-0.2, -0.15) is 0 Å². The van der Waals surface area contributed by atoms with Gasteiger partial charge in [-0.3, -0.25) is 4.90 Å². The van der Waals surface area contributed by atoms with Crippen LogP contribution in [0.15, 0.2) is 72.8 Å². The molecule has 1 aliphatic rings. The van der Waals surface area contributed by atoms with Gasteiger partial charge >= 0.3 is 0 Å². The Bertz CT molecular complexity index is 892. The molecule has 26 heavy (non-hydrogen) atoms. The summed E-state index contributed by atoms with van der Waals surface area (Å²) in [6.07, 6.45) is 1.88. The van der Waals surface area contributed by atoms with Crippen molar-refractivity contribution in [1.29, 1.82) is 0 Å². The standard InChI is InChI=1S/C23H21Cl2N/c24-22-11-5-4-9-18(22)13-20-14-21-19(10-6-12-23(21)25)16-26(20)15-17-7-2-1-3-8-17/h1-12,20H,13-16H2. The van der Waals surface area contributed by atoms with Crippen LogP contribution < -0.4 is 0 Å². The van der Waals surface area contributed by atoms with Crippen molar-refractivity contribution in [2.75, 3.05) is 0 Å². The van der Waals surface area contributed by atoms with Gasteiger partial charge in [0.15, 0.2) is 0 Å². The van der Waals surface area contributed by atoms with Gasteiger partial charge in [-0.25, -0.2) is 0 Å². The van der Waals surface area contributed by atoms with Crippen molar-refractivity contribution in [1.82, 2.24) is 4.90 Å². The van der Waals surface area contributed by atoms with Crippen LogP contribution in [0, 0.1) is 0 Å². The Hall–Kier alpha value is -1.80. The average molecular weight is 382 g/mol. The Morgan fingerprint density at radius 2 is 1.54 bits per heavy atom. The van der Waals surface area contributed by atoms with E-state index in [1.807, 2.05) is 18.2 Å². The smallest absolute Gasteiger partial charge is 0.0441 e. The minimum atomic E-state index is 0.377. The molecule has 0 aromatic heterocycles. The molecule has 0 N–H and O–H groups in total. The third kappa shape index (κ3) is 3.81. The quantitative estimate of drug-likeness (QED) is 0.522. The van der Waals surface area contributed by atoms with Gasteiger partial charge in [-0.15, -0.1) is 0 Å². The van der Waals surface area contributed by atoms with Crippen molar-refractivity contribution < 1.29 is 0 Å². The van der Waals surface area contributed by atoms with Crippen LogP contribution in [0.1, 0.15) is 22.3 Å². The lowest BCUT2D eigenvalue weighted by atomic mass is 9.90. The van der Waals surface area contributed by atoms with E-state index in [0.29, 0.717) is 6.04 Å². The molecular formula is C23H21Cl2N. The Kier molecular flexibility index (Phi) is 5.31. The van der Waals surface area contributed by atoms with Crippen molar-refractivity contribution in [2.24, 2.45) is 0 Å². The molecule has 0 saturated carbocycles. The Balaban J connectivity index is 1.65. The van der Waals surface area contributed by atoms with Crippen LogP contribution in [0.2, 0.25) is 10.0 Å². The van der Waals surface area contributed by atoms with Gasteiger partial charge in [0, 0.05) is 29.2 Å². The topological polar surface area (TPSA) is 3.24 Å². The summed E-state index contributed by atoms with van der Waals surface area (Å²) in [5.74, 6) is 0. The number of fused-ring (bicyclic) bond motifs is 1. The lowest BCUT2D eigenvalue weighted by molar-refractivity contribution is 0.161. The van der Waals surface area contributed by atoms with Crippen molar-refractivity contribution >= 4 is 23.2 Å². The van der Waals surface area contributed by atoms with E-state index in [4.69, 9.17) is 23.2 Å². The SMILES string of the molecule is Clc1ccccc1CC1Cc2c(Cl)cccc2CN1Cc1ccccc1. The molecular weight excluding hydrogens is 361 g/mol. The van der Waals surface area contributed by atoms with E-state index in [9.17, 15) is 0 Å². The third-order valence-corrected chi connectivity index (χ3v) is 5.91. The van der Waals surface area contributed by atoms with E-state index in [1.54, 1.807) is 0 Å². The first-order valence-electron chi connectivity index (χ1n) is 8.98. The number of rotatable bonds is 4. The number of hydrogen-bond donors (Lipinski definition) is 0. The highest BCUT2D eigenvalue weighted by atomic mass is 35.5. The van der Waals surface area contributed by atoms with E-state index < -0.39 is 0 Å². The second-order valence-corrected chi connectivity index (χ2v) is 7.74. The van der Waals surface area contributed by atoms with Crippen molar-refractivity contribution in [2.45, 2.75) is 32.0 Å². The maximum absolute atomic E-state index is 6.51. The molecule has 0 radical (unpaired) electrons. The number of benzene rings is 3. The Morgan fingerprint density at radius 1 is 0.808 bits per heavy atom. The fourth-order valence-electron chi connectivity index (χ4n) is 3.81. The highest BCUT2D eigenvalue weighted by molar-refractivity contribution is 6.31. The molecule has 1 heterocycles. The summed E-state index contributed by atoms with van der Waals surface area (Å²) in [6, 6.07) is 25.4. The largest absolute Gasteiger partial charge is 0.291 e. The van der Waals surface area contributed by atoms with Crippen LogP contribution >= 0.6 is 23.2 Å². The fraction of sp³-hybridized carbons (Fsp3) is 0.217. The van der Waals surface area contributed by atoms with Crippen LogP contribution in [0.4, 0.5) is 0 Å². The molecule has 1 atom stereocenters. The molecule has 132 valence electrons. The molecule has 3 aromatic carbocycles. The lowest BCUT2D eigenvalue weighted by Crippen LogP contribution is -2.41. The van der Waals surface area contributed by atoms with E-state index in [0.717, 1.165) is 36.0 Å². The van der Waals surface area contributed by atoms with E-state index in [1.165, 1.54) is 22.3 Å². The Labute approximate surface area is 165 Å². The molecule has 3 aromatic rings. The molecule has 0 amide bonds. The predicted molar refractivity (Wildman–Crippen MR) is 110 cm³/mol. The molecule has 0 bridgehead atoms. The average Bonchev–Trinajstić information content (AvgIpc) is 2.65. The highest BCUT2D eigenvalue weighted by Crippen LogP contribution is 2.32. The van der Waals surface area contributed by atoms with Crippen LogP contribution in [0.5, 0.6) is 0 Å². The summed E-state index contributed by atoms with van der Waals surface area (Å²) < 4.78 is 0. The van der Waals surface area contributed by atoms with E-state index >= 15 is 0 Å². The molecule has 0 aliphatic carbocycles. The minimum absolute atomic E-state index is 0.377. The summed E-state index contributed by atoms with van der Waals surface area (Å²) >= 11 is 12.9. The first-order chi connectivity index (χ1) is 12.7. The first kappa shape index (κ1) is 17.6. The van der Waals surface area contributed by atoms with Crippen LogP contribution in [-0.2, 0) is 25.9 Å². The molecule has 0 fully saturated rings. The molecule has 1 nitrogen and oxygen atoms in total. The number of nitrogens with zero attached hydrogens (tertiary/aromatic N) is 1. The predicted octanol–water partition coefficient (Wildman–Crippen LogP) is 6.16. The lowest BCUT2D eigenvalue weighted by Gasteiger charge is -2.37. The maximum atomic E-state index is 6.51. The fourth-order valence-corrected chi connectivity index (χ4v) is 4.30. The first-order valence-corrected chi connectivity index (χ1v) is 9.74. The second-order valence-electron chi connectivity index (χ2n) is 6.92. The zero-order valence-corrected chi connectivity index (χ0v) is 16.0. The normalized spacial score (nSPS) is 17.1. The van der Waals surface area contributed by atoms with Crippen molar-refractivity contribution in [3.05, 3.63) is 105 Å². The van der Waals surface area contributed by atoms with Gasteiger partial charge in [0.1, 0.15) is 0 Å². The summed E-state index contributed by atoms with van der Waals surface area (Å²) in [7, 11) is 0. The summed E-state index contributed by atoms with van der Waals surface area (Å²) in [4.78, 5) is 2.55. The monoisotopic (exact) mass is 381 g/mol. The number of halogens is 2. The molecule has 1 aliphatic heterocycles. The Morgan fingerprint density at radius 3 is 2.35 bits per heavy atom. The summed E-state index contributed by atoms with van der Waals surface area (Å²) in [5, 5.41) is 1.73. The molecule has 0 spiro atoms. The van der Waals surface area contributed by atoms with Crippen molar-refractivity contribution in [3.8, 4) is 0 Å². The van der Waals surface area contributed by atoms with Gasteiger partial charge in [0.25, 0.3) is 0 Å². The highest BCUT2D eigenvalue weighted by Gasteiger charge is 2.28. The molecule has 1 unspecified atom stereocenters. The van der Waals surface area contributed by atoms with Gasteiger partial charge in [0.05, 0.1) is 0 Å². The summed E-state index contributed by atoms with van der Waals surface area (Å²) in [5.41, 5.74) is 5.16. The van der Waals surface area contributed by atoms with Gasteiger partial charge in [-0.1, -0.05) is 83.9 Å². The third-order valence-electron chi connectivity index (χ3n) is 5.19. The molecule has 4 rings (SSSR count). The molecule has 0 saturated heterocycles. The maximum Gasteiger partial charge on any atom is 0.0441 e. The van der Waals surface area contributed by atoms with Gasteiger partial charge in [0.2, 0.25) is 0 Å². The minimum Gasteiger partial charge on any atom is -0.291 e. The van der Waals surface area contributed by atoms with E-state index in [2.05, 4.69) is 59.5 Å². The number of hydrogen-bond acceptors (Lipinski definition) is 1. The molecule has 3 heteroatoms. The van der Waals surface area contributed by atoms with E-state index in [-0.39, 0.29) is 0 Å². The van der Waals surface area contributed by atoms with Crippen molar-refractivity contribution in [3.63, 3.8) is 0 Å². The van der Waals surface area contributed by atoms with Crippen LogP contribution in [0.25, 0.3) is 0 Å². The van der Waals surface area contributed by atoms with Crippen LogP contribution in [-0.4, -0.2) is 10.9 Å². The zero-order chi connectivity index (χ0) is 17.9. The zero-order valence-electron chi connectivity index (χ0n) is 14.5.